The van der Waals surface area contributed by atoms with Crippen molar-refractivity contribution in [3.8, 4) is 0 Å². The molecule has 82 valence electrons. The molecule has 1 unspecified atom stereocenters. The number of ketones is 1. The van der Waals surface area contributed by atoms with Crippen LogP contribution >= 0.6 is 11.6 Å². The number of nitrogens with zero attached hydrogens (tertiary/aromatic N) is 2. The molecule has 1 atom stereocenters. The summed E-state index contributed by atoms with van der Waals surface area (Å²) in [5.74, 6) is 0.536. The number of nitrogens with one attached hydrogen (secondary N) is 1. The highest BCUT2D eigenvalue weighted by Gasteiger charge is 2.31. The van der Waals surface area contributed by atoms with Crippen molar-refractivity contribution in [2.75, 3.05) is 13.1 Å². The van der Waals surface area contributed by atoms with Crippen LogP contribution in [0.25, 0.3) is 0 Å². The molecule has 1 aromatic heterocycles. The maximum atomic E-state index is 12.1. The average molecular weight is 228 g/mol. The van der Waals surface area contributed by atoms with Crippen LogP contribution in [0, 0.1) is 11.8 Å². The maximum absolute atomic E-state index is 12.1. The van der Waals surface area contributed by atoms with Crippen LogP contribution in [0.3, 0.4) is 0 Å². The van der Waals surface area contributed by atoms with Crippen molar-refractivity contribution in [2.45, 2.75) is 6.92 Å². The lowest BCUT2D eigenvalue weighted by molar-refractivity contribution is 0.0844. The zero-order chi connectivity index (χ0) is 11.0. The largest absolute Gasteiger partial charge is 0.316 e. The Bertz CT molecular complexity index is 365. The van der Waals surface area contributed by atoms with Crippen molar-refractivity contribution in [3.63, 3.8) is 0 Å². The Morgan fingerprint density at radius 2 is 2.40 bits per heavy atom. The monoisotopic (exact) mass is 227 g/mol. The average Bonchev–Trinajstić information content (AvgIpc) is 2.42. The first kappa shape index (κ1) is 10.6. The van der Waals surface area contributed by atoms with Gasteiger partial charge in [0.25, 0.3) is 0 Å². The maximum Gasteiger partial charge on any atom is 0.185 e. The van der Waals surface area contributed by atoms with Crippen LogP contribution in [-0.2, 0) is 7.05 Å². The Balaban J connectivity index is 2.19. The summed E-state index contributed by atoms with van der Waals surface area (Å²) >= 11 is 5.93. The molecule has 1 aliphatic rings. The standard InChI is InChI=1S/C10H14ClN3O/c1-6(7-3-12-4-7)10(15)9-8(11)5-13-14(9)2/h5-7,12H,3-4H2,1-2H3. The second-order valence-electron chi connectivity index (χ2n) is 4.04. The second kappa shape index (κ2) is 3.94. The smallest absolute Gasteiger partial charge is 0.185 e. The lowest BCUT2D eigenvalue weighted by Crippen LogP contribution is -2.47. The van der Waals surface area contributed by atoms with Gasteiger partial charge in [0.1, 0.15) is 5.69 Å². The van der Waals surface area contributed by atoms with Crippen LogP contribution in [-0.4, -0.2) is 28.7 Å². The summed E-state index contributed by atoms with van der Waals surface area (Å²) in [4.78, 5) is 12.1. The highest BCUT2D eigenvalue weighted by molar-refractivity contribution is 6.33. The minimum absolute atomic E-state index is 0.0131. The lowest BCUT2D eigenvalue weighted by atomic mass is 9.85. The van der Waals surface area contributed by atoms with Gasteiger partial charge in [-0.25, -0.2) is 0 Å². The van der Waals surface area contributed by atoms with Gasteiger partial charge in [-0.3, -0.25) is 9.48 Å². The second-order valence-corrected chi connectivity index (χ2v) is 4.44. The van der Waals surface area contributed by atoms with Crippen molar-refractivity contribution >= 4 is 17.4 Å². The van der Waals surface area contributed by atoms with E-state index in [9.17, 15) is 4.79 Å². The van der Waals surface area contributed by atoms with Gasteiger partial charge in [0.15, 0.2) is 5.78 Å². The number of carbonyl (C=O) groups is 1. The Labute approximate surface area is 93.6 Å². The summed E-state index contributed by atoms with van der Waals surface area (Å²) in [5.41, 5.74) is 0.524. The summed E-state index contributed by atoms with van der Waals surface area (Å²) in [6.07, 6.45) is 1.51. The fourth-order valence-electron chi connectivity index (χ4n) is 1.78. The van der Waals surface area contributed by atoms with Crippen LogP contribution in [0.15, 0.2) is 6.20 Å². The Morgan fingerprint density at radius 1 is 1.73 bits per heavy atom. The highest BCUT2D eigenvalue weighted by Crippen LogP contribution is 2.24. The number of carbonyl (C=O) groups excluding carboxylic acids is 1. The van der Waals surface area contributed by atoms with E-state index in [4.69, 9.17) is 11.6 Å². The third-order valence-electron chi connectivity index (χ3n) is 3.06. The van der Waals surface area contributed by atoms with E-state index in [1.807, 2.05) is 6.92 Å². The Hall–Kier alpha value is -0.870. The van der Waals surface area contributed by atoms with Crippen LogP contribution < -0.4 is 5.32 Å². The van der Waals surface area contributed by atoms with Gasteiger partial charge in [0.05, 0.1) is 11.2 Å². The van der Waals surface area contributed by atoms with E-state index in [-0.39, 0.29) is 11.7 Å². The number of halogens is 1. The van der Waals surface area contributed by atoms with Gasteiger partial charge in [0, 0.05) is 13.0 Å². The first-order valence-corrected chi connectivity index (χ1v) is 5.41. The van der Waals surface area contributed by atoms with Gasteiger partial charge in [-0.15, -0.1) is 0 Å². The molecule has 0 amide bonds. The quantitative estimate of drug-likeness (QED) is 0.787. The van der Waals surface area contributed by atoms with E-state index in [1.54, 1.807) is 11.7 Å². The van der Waals surface area contributed by atoms with Gasteiger partial charge in [-0.05, 0) is 19.0 Å². The van der Waals surface area contributed by atoms with Gasteiger partial charge in [0.2, 0.25) is 0 Å². The molecule has 0 aromatic carbocycles. The van der Waals surface area contributed by atoms with Crippen LogP contribution in [0.5, 0.6) is 0 Å². The summed E-state index contributed by atoms with van der Waals surface area (Å²) in [5, 5.41) is 7.58. The normalized spacial score (nSPS) is 18.6. The lowest BCUT2D eigenvalue weighted by Gasteiger charge is -2.31. The zero-order valence-corrected chi connectivity index (χ0v) is 9.58. The van der Waals surface area contributed by atoms with Crippen molar-refractivity contribution in [2.24, 2.45) is 18.9 Å². The van der Waals surface area contributed by atoms with E-state index in [0.29, 0.717) is 16.6 Å². The number of hydrogen-bond donors (Lipinski definition) is 1. The Morgan fingerprint density at radius 3 is 2.80 bits per heavy atom. The van der Waals surface area contributed by atoms with Gasteiger partial charge < -0.3 is 5.32 Å². The molecule has 1 saturated heterocycles. The number of aromatic nitrogens is 2. The number of Topliss-reactive ketones (excluding diaryl/α,β-unsaturated/α-hetero) is 1. The number of aryl methyl sites for hydroxylation is 1. The minimum atomic E-state index is 0.0131. The Kier molecular flexibility index (Phi) is 2.80. The molecule has 1 fully saturated rings. The third-order valence-corrected chi connectivity index (χ3v) is 3.34. The van der Waals surface area contributed by atoms with Crippen molar-refractivity contribution < 1.29 is 4.79 Å². The van der Waals surface area contributed by atoms with E-state index < -0.39 is 0 Å². The molecule has 1 N–H and O–H groups in total. The first-order valence-electron chi connectivity index (χ1n) is 5.03. The van der Waals surface area contributed by atoms with E-state index in [1.165, 1.54) is 6.20 Å². The van der Waals surface area contributed by atoms with E-state index >= 15 is 0 Å². The topological polar surface area (TPSA) is 46.9 Å². The molecule has 15 heavy (non-hydrogen) atoms. The molecule has 4 nitrogen and oxygen atoms in total. The molecule has 1 aliphatic heterocycles. The van der Waals surface area contributed by atoms with Gasteiger partial charge in [-0.1, -0.05) is 18.5 Å². The van der Waals surface area contributed by atoms with Gasteiger partial charge >= 0.3 is 0 Å². The first-order chi connectivity index (χ1) is 7.11. The minimum Gasteiger partial charge on any atom is -0.316 e. The van der Waals surface area contributed by atoms with Crippen molar-refractivity contribution in [3.05, 3.63) is 16.9 Å². The molecule has 0 bridgehead atoms. The molecule has 0 aliphatic carbocycles. The molecule has 5 heteroatoms. The molecule has 0 spiro atoms. The highest BCUT2D eigenvalue weighted by atomic mass is 35.5. The summed E-state index contributed by atoms with van der Waals surface area (Å²) in [6.45, 7) is 3.79. The fraction of sp³-hybridized carbons (Fsp3) is 0.600. The number of rotatable bonds is 3. The van der Waals surface area contributed by atoms with E-state index in [2.05, 4.69) is 10.4 Å². The molecular weight excluding hydrogens is 214 g/mol. The van der Waals surface area contributed by atoms with Crippen molar-refractivity contribution in [1.29, 1.82) is 0 Å². The van der Waals surface area contributed by atoms with Crippen LogP contribution in [0.2, 0.25) is 5.02 Å². The molecule has 2 heterocycles. The zero-order valence-electron chi connectivity index (χ0n) is 8.83. The SMILES string of the molecule is CC(C(=O)c1c(Cl)cnn1C)C1CNC1. The molecule has 2 rings (SSSR count). The summed E-state index contributed by atoms with van der Waals surface area (Å²) < 4.78 is 1.55. The fourth-order valence-corrected chi connectivity index (χ4v) is 2.04. The van der Waals surface area contributed by atoms with E-state index in [0.717, 1.165) is 13.1 Å². The molecule has 1 aromatic rings. The van der Waals surface area contributed by atoms with Crippen LogP contribution in [0.4, 0.5) is 0 Å². The third kappa shape index (κ3) is 1.79. The predicted octanol–water partition coefficient (Wildman–Crippen LogP) is 1.11. The molecular formula is C10H14ClN3O. The molecule has 0 radical (unpaired) electrons. The summed E-state index contributed by atoms with van der Waals surface area (Å²) in [7, 11) is 1.74. The molecule has 0 saturated carbocycles. The number of hydrogen-bond acceptors (Lipinski definition) is 3. The van der Waals surface area contributed by atoms with Crippen LogP contribution in [0.1, 0.15) is 17.4 Å². The predicted molar refractivity (Wildman–Crippen MR) is 58.1 cm³/mol. The van der Waals surface area contributed by atoms with Gasteiger partial charge in [-0.2, -0.15) is 5.10 Å². The summed E-state index contributed by atoms with van der Waals surface area (Å²) in [6, 6.07) is 0. The van der Waals surface area contributed by atoms with Crippen molar-refractivity contribution in [1.82, 2.24) is 15.1 Å².